The zero-order chi connectivity index (χ0) is 5.70. The molecule has 0 atom stereocenters. The fourth-order valence-corrected chi connectivity index (χ4v) is 0.647. The Bertz CT molecular complexity index is 110. The number of alkyl halides is 1. The number of rotatable bonds is 1. The normalized spacial score (nSPS) is 10.7. The second kappa shape index (κ2) is 3.89. The summed E-state index contributed by atoms with van der Waals surface area (Å²) in [4.78, 5) is 0. The third kappa shape index (κ3) is 3.54. The van der Waals surface area contributed by atoms with Crippen LogP contribution >= 0.6 is 15.9 Å². The van der Waals surface area contributed by atoms with Crippen molar-refractivity contribution in [1.82, 2.24) is 0 Å². The van der Waals surface area contributed by atoms with E-state index in [1.165, 1.54) is 0 Å². The van der Waals surface area contributed by atoms with Crippen LogP contribution in [0.2, 0.25) is 0 Å². The van der Waals surface area contributed by atoms with Crippen molar-refractivity contribution in [3.8, 4) is 6.07 Å². The van der Waals surface area contributed by atoms with E-state index in [0.29, 0.717) is 0 Å². The van der Waals surface area contributed by atoms with Gasteiger partial charge in [-0.25, -0.2) is 0 Å². The molecule has 1 nitrogen and oxygen atoms in total. The second-order valence-electron chi connectivity index (χ2n) is 1.15. The van der Waals surface area contributed by atoms with Crippen LogP contribution in [0.25, 0.3) is 0 Å². The lowest BCUT2D eigenvalue weighted by atomic mass is 10.3. The van der Waals surface area contributed by atoms with E-state index in [1.54, 1.807) is 6.92 Å². The number of hydrogen-bond acceptors (Lipinski definition) is 1. The van der Waals surface area contributed by atoms with Crippen LogP contribution in [-0.2, 0) is 0 Å². The van der Waals surface area contributed by atoms with Crippen LogP contribution in [0.1, 0.15) is 6.92 Å². The molecule has 0 aromatic carbocycles. The Morgan fingerprint density at radius 1 is 2.00 bits per heavy atom. The van der Waals surface area contributed by atoms with Gasteiger partial charge in [-0.2, -0.15) is 5.26 Å². The van der Waals surface area contributed by atoms with Crippen LogP contribution in [-0.4, -0.2) is 5.33 Å². The van der Waals surface area contributed by atoms with Gasteiger partial charge in [-0.15, -0.1) is 0 Å². The van der Waals surface area contributed by atoms with Gasteiger partial charge in [0.05, 0.1) is 6.07 Å². The minimum Gasteiger partial charge on any atom is -0.193 e. The van der Waals surface area contributed by atoms with Crippen molar-refractivity contribution in [2.45, 2.75) is 6.92 Å². The van der Waals surface area contributed by atoms with Gasteiger partial charge in [-0.05, 0) is 6.92 Å². The summed E-state index contributed by atoms with van der Waals surface area (Å²) in [5.74, 6) is 0. The van der Waals surface area contributed by atoms with Gasteiger partial charge >= 0.3 is 0 Å². The van der Waals surface area contributed by atoms with Gasteiger partial charge in [0.25, 0.3) is 0 Å². The van der Waals surface area contributed by atoms with Gasteiger partial charge < -0.3 is 0 Å². The summed E-state index contributed by atoms with van der Waals surface area (Å²) in [7, 11) is 0. The summed E-state index contributed by atoms with van der Waals surface area (Å²) in [6, 6.07) is 2.00. The first-order valence-corrected chi connectivity index (χ1v) is 3.06. The van der Waals surface area contributed by atoms with E-state index in [2.05, 4.69) is 15.9 Å². The maximum absolute atomic E-state index is 8.13. The molecule has 0 radical (unpaired) electrons. The smallest absolute Gasteiger partial charge is 0.0941 e. The van der Waals surface area contributed by atoms with Crippen molar-refractivity contribution in [3.05, 3.63) is 11.6 Å². The summed E-state index contributed by atoms with van der Waals surface area (Å²) in [6.45, 7) is 1.78. The molecule has 0 aliphatic heterocycles. The first-order chi connectivity index (χ1) is 3.31. The number of halogens is 1. The fraction of sp³-hybridized carbons (Fsp3) is 0.400. The van der Waals surface area contributed by atoms with Crippen LogP contribution in [0.15, 0.2) is 11.6 Å². The van der Waals surface area contributed by atoms with E-state index in [0.717, 1.165) is 10.9 Å². The Labute approximate surface area is 51.8 Å². The highest BCUT2D eigenvalue weighted by Crippen LogP contribution is 1.90. The lowest BCUT2D eigenvalue weighted by molar-refractivity contribution is 1.43. The van der Waals surface area contributed by atoms with Crippen molar-refractivity contribution in [2.75, 3.05) is 5.33 Å². The van der Waals surface area contributed by atoms with Crippen LogP contribution in [0, 0.1) is 11.3 Å². The standard InChI is InChI=1S/C5H6BrN/c1-5(4-7)2-3-6/h2H,3H2,1H3/b5-2-. The van der Waals surface area contributed by atoms with E-state index in [-0.39, 0.29) is 0 Å². The Hall–Kier alpha value is -0.290. The average Bonchev–Trinajstić information content (AvgIpc) is 1.68. The van der Waals surface area contributed by atoms with Crippen molar-refractivity contribution in [1.29, 1.82) is 5.26 Å². The lowest BCUT2D eigenvalue weighted by Crippen LogP contribution is -1.66. The number of hydrogen-bond donors (Lipinski definition) is 0. The van der Waals surface area contributed by atoms with Crippen LogP contribution in [0.4, 0.5) is 0 Å². The molecule has 0 aliphatic rings. The van der Waals surface area contributed by atoms with Crippen molar-refractivity contribution in [2.24, 2.45) is 0 Å². The van der Waals surface area contributed by atoms with Gasteiger partial charge in [-0.3, -0.25) is 0 Å². The Morgan fingerprint density at radius 2 is 2.57 bits per heavy atom. The number of nitrogens with zero attached hydrogens (tertiary/aromatic N) is 1. The first-order valence-electron chi connectivity index (χ1n) is 1.94. The highest BCUT2D eigenvalue weighted by Gasteiger charge is 1.76. The Kier molecular flexibility index (Phi) is 3.72. The highest BCUT2D eigenvalue weighted by molar-refractivity contribution is 9.09. The fourth-order valence-electron chi connectivity index (χ4n) is 0.161. The van der Waals surface area contributed by atoms with Gasteiger partial charge in [0, 0.05) is 10.9 Å². The van der Waals surface area contributed by atoms with E-state index >= 15 is 0 Å². The zero-order valence-electron chi connectivity index (χ0n) is 4.11. The third-order valence-electron chi connectivity index (χ3n) is 0.560. The van der Waals surface area contributed by atoms with Gasteiger partial charge in [0.2, 0.25) is 0 Å². The number of allylic oxidation sites excluding steroid dienone is 2. The molecule has 7 heavy (non-hydrogen) atoms. The molecule has 0 bridgehead atoms. The largest absolute Gasteiger partial charge is 0.193 e. The lowest BCUT2D eigenvalue weighted by Gasteiger charge is -1.76. The van der Waals surface area contributed by atoms with Crippen molar-refractivity contribution in [3.63, 3.8) is 0 Å². The molecule has 0 N–H and O–H groups in total. The molecule has 0 aromatic rings. The van der Waals surface area contributed by atoms with Gasteiger partial charge in [0.15, 0.2) is 0 Å². The van der Waals surface area contributed by atoms with Gasteiger partial charge in [-0.1, -0.05) is 22.0 Å². The molecule has 2 heteroatoms. The molecule has 0 spiro atoms. The third-order valence-corrected chi connectivity index (χ3v) is 0.883. The topological polar surface area (TPSA) is 23.8 Å². The molecule has 0 saturated carbocycles. The van der Waals surface area contributed by atoms with E-state index in [9.17, 15) is 0 Å². The molecule has 0 amide bonds. The SMILES string of the molecule is C/C(C#N)=C/CBr. The summed E-state index contributed by atoms with van der Waals surface area (Å²) in [6.07, 6.45) is 1.82. The minimum absolute atomic E-state index is 0.761. The molecule has 38 valence electrons. The molecule has 0 aromatic heterocycles. The molecule has 0 rings (SSSR count). The average molecular weight is 160 g/mol. The molecular formula is C5H6BrN. The Balaban J connectivity index is 3.57. The highest BCUT2D eigenvalue weighted by atomic mass is 79.9. The molecule has 0 heterocycles. The van der Waals surface area contributed by atoms with Crippen LogP contribution in [0.3, 0.4) is 0 Å². The predicted molar refractivity (Wildman–Crippen MR) is 33.2 cm³/mol. The van der Waals surface area contributed by atoms with E-state index in [4.69, 9.17) is 5.26 Å². The predicted octanol–water partition coefficient (Wildman–Crippen LogP) is 1.85. The molecule has 0 saturated heterocycles. The molecule has 0 aliphatic carbocycles. The Morgan fingerprint density at radius 3 is 2.71 bits per heavy atom. The summed E-state index contributed by atoms with van der Waals surface area (Å²) >= 11 is 3.16. The maximum atomic E-state index is 8.13. The second-order valence-corrected chi connectivity index (χ2v) is 1.80. The van der Waals surface area contributed by atoms with E-state index in [1.807, 2.05) is 12.1 Å². The van der Waals surface area contributed by atoms with Crippen molar-refractivity contribution >= 4 is 15.9 Å². The van der Waals surface area contributed by atoms with Gasteiger partial charge in [0.1, 0.15) is 0 Å². The molecule has 0 fully saturated rings. The maximum Gasteiger partial charge on any atom is 0.0941 e. The quantitative estimate of drug-likeness (QED) is 0.424. The minimum atomic E-state index is 0.761. The summed E-state index contributed by atoms with van der Waals surface area (Å²) in [5, 5.41) is 8.90. The zero-order valence-corrected chi connectivity index (χ0v) is 5.70. The molecule has 0 unspecified atom stereocenters. The van der Waals surface area contributed by atoms with Crippen LogP contribution in [0.5, 0.6) is 0 Å². The molecular weight excluding hydrogens is 154 g/mol. The number of nitriles is 1. The monoisotopic (exact) mass is 159 g/mol. The first kappa shape index (κ1) is 6.71. The summed E-state index contributed by atoms with van der Waals surface area (Å²) in [5.41, 5.74) is 0.761. The summed E-state index contributed by atoms with van der Waals surface area (Å²) < 4.78 is 0. The van der Waals surface area contributed by atoms with Crippen molar-refractivity contribution < 1.29 is 0 Å². The van der Waals surface area contributed by atoms with Crippen LogP contribution < -0.4 is 0 Å². The van der Waals surface area contributed by atoms with E-state index < -0.39 is 0 Å².